The number of fused-ring (bicyclic) bond motifs is 7. The smallest absolute Gasteiger partial charge is 0.0493 e. The molecule has 5 saturated carbocycles. The first-order valence-corrected chi connectivity index (χ1v) is 13.7. The van der Waals surface area contributed by atoms with Crippen LogP contribution in [0.3, 0.4) is 0 Å². The van der Waals surface area contributed by atoms with E-state index in [9.17, 15) is 5.11 Å². The summed E-state index contributed by atoms with van der Waals surface area (Å²) >= 11 is 0. The van der Waals surface area contributed by atoms with Gasteiger partial charge in [-0.2, -0.15) is 0 Å². The first kappa shape index (κ1) is 22.5. The molecule has 0 aliphatic heterocycles. The summed E-state index contributed by atoms with van der Waals surface area (Å²) in [6.45, 7) is 20.3. The van der Waals surface area contributed by atoms with Gasteiger partial charge in [0, 0.05) is 12.0 Å². The molecule has 5 fully saturated rings. The van der Waals surface area contributed by atoms with Crippen molar-refractivity contribution in [2.45, 2.75) is 112 Å². The molecule has 1 nitrogen and oxygen atoms in total. The van der Waals surface area contributed by atoms with E-state index < -0.39 is 0 Å². The van der Waals surface area contributed by atoms with Crippen molar-refractivity contribution in [2.75, 3.05) is 6.61 Å². The summed E-state index contributed by atoms with van der Waals surface area (Å²) in [5.74, 6) is 3.79. The maximum absolute atomic E-state index is 11.0. The van der Waals surface area contributed by atoms with Gasteiger partial charge in [-0.1, -0.05) is 53.2 Å². The van der Waals surface area contributed by atoms with Crippen molar-refractivity contribution < 1.29 is 5.11 Å². The highest BCUT2D eigenvalue weighted by molar-refractivity contribution is 5.21. The van der Waals surface area contributed by atoms with Gasteiger partial charge in [0.05, 0.1) is 0 Å². The predicted molar refractivity (Wildman–Crippen MR) is 131 cm³/mol. The molecule has 9 atom stereocenters. The third-order valence-electron chi connectivity index (χ3n) is 13.4. The van der Waals surface area contributed by atoms with Crippen molar-refractivity contribution in [3.63, 3.8) is 0 Å². The van der Waals surface area contributed by atoms with Crippen LogP contribution in [0.2, 0.25) is 0 Å². The SMILES string of the molecule is C=C(C)C1CCC2(CO)C1CCC1(C)C2CCC2C3(C)CCCC(C)(C)C3CCC21C. The van der Waals surface area contributed by atoms with Crippen LogP contribution >= 0.6 is 0 Å². The molecule has 5 rings (SSSR count). The molecule has 0 spiro atoms. The van der Waals surface area contributed by atoms with Crippen LogP contribution in [0.4, 0.5) is 0 Å². The van der Waals surface area contributed by atoms with Crippen molar-refractivity contribution in [3.8, 4) is 0 Å². The first-order valence-electron chi connectivity index (χ1n) is 13.7. The lowest BCUT2D eigenvalue weighted by Crippen LogP contribution is -2.66. The van der Waals surface area contributed by atoms with Crippen LogP contribution in [0.1, 0.15) is 112 Å². The van der Waals surface area contributed by atoms with Gasteiger partial charge in [-0.15, -0.1) is 0 Å². The summed E-state index contributed by atoms with van der Waals surface area (Å²) in [5.41, 5.74) is 3.38. The molecule has 0 radical (unpaired) electrons. The van der Waals surface area contributed by atoms with Crippen LogP contribution in [0, 0.1) is 56.7 Å². The van der Waals surface area contributed by atoms with Gasteiger partial charge in [0.2, 0.25) is 0 Å². The van der Waals surface area contributed by atoms with Gasteiger partial charge in [-0.05, 0) is 122 Å². The number of allylic oxidation sites excluding steroid dienone is 1. The number of aliphatic hydroxyl groups is 1. The lowest BCUT2D eigenvalue weighted by atomic mass is 9.32. The zero-order valence-electron chi connectivity index (χ0n) is 21.5. The Labute approximate surface area is 192 Å². The predicted octanol–water partition coefficient (Wildman–Crippen LogP) is 8.03. The van der Waals surface area contributed by atoms with Crippen LogP contribution in [-0.2, 0) is 0 Å². The number of hydrogen-bond acceptors (Lipinski definition) is 1. The monoisotopic (exact) mass is 426 g/mol. The Morgan fingerprint density at radius 2 is 1.42 bits per heavy atom. The van der Waals surface area contributed by atoms with Crippen LogP contribution in [-0.4, -0.2) is 11.7 Å². The van der Waals surface area contributed by atoms with E-state index >= 15 is 0 Å². The molecular weight excluding hydrogens is 376 g/mol. The van der Waals surface area contributed by atoms with Gasteiger partial charge < -0.3 is 5.11 Å². The molecule has 5 aliphatic rings. The zero-order valence-corrected chi connectivity index (χ0v) is 21.5. The van der Waals surface area contributed by atoms with Crippen LogP contribution < -0.4 is 0 Å². The second-order valence-electron chi connectivity index (χ2n) is 14.5. The van der Waals surface area contributed by atoms with Crippen molar-refractivity contribution in [2.24, 2.45) is 56.7 Å². The normalized spacial score (nSPS) is 55.5. The maximum Gasteiger partial charge on any atom is 0.0493 e. The molecule has 0 saturated heterocycles. The molecule has 0 amide bonds. The van der Waals surface area contributed by atoms with E-state index in [1.807, 2.05) is 0 Å². The van der Waals surface area contributed by atoms with Crippen molar-refractivity contribution >= 4 is 0 Å². The lowest BCUT2D eigenvalue weighted by Gasteiger charge is -2.73. The highest BCUT2D eigenvalue weighted by Gasteiger charge is 2.70. The number of rotatable bonds is 2. The first-order chi connectivity index (χ1) is 14.5. The van der Waals surface area contributed by atoms with E-state index in [0.29, 0.717) is 46.0 Å². The maximum atomic E-state index is 11.0. The average molecular weight is 427 g/mol. The van der Waals surface area contributed by atoms with E-state index in [1.165, 1.54) is 76.2 Å². The third-order valence-corrected chi connectivity index (χ3v) is 13.4. The Balaban J connectivity index is 1.54. The average Bonchev–Trinajstić information content (AvgIpc) is 3.08. The second kappa shape index (κ2) is 6.86. The van der Waals surface area contributed by atoms with Gasteiger partial charge in [-0.3, -0.25) is 0 Å². The van der Waals surface area contributed by atoms with Gasteiger partial charge in [0.1, 0.15) is 0 Å². The fourth-order valence-corrected chi connectivity index (χ4v) is 11.9. The number of hydrogen-bond donors (Lipinski definition) is 1. The molecule has 31 heavy (non-hydrogen) atoms. The van der Waals surface area contributed by atoms with Crippen LogP contribution in [0.25, 0.3) is 0 Å². The molecular formula is C30H50O. The highest BCUT2D eigenvalue weighted by atomic mass is 16.3. The van der Waals surface area contributed by atoms with Gasteiger partial charge >= 0.3 is 0 Å². The summed E-state index contributed by atoms with van der Waals surface area (Å²) in [4.78, 5) is 0. The molecule has 1 N–H and O–H groups in total. The van der Waals surface area contributed by atoms with Gasteiger partial charge in [0.15, 0.2) is 0 Å². The fraction of sp³-hybridized carbons (Fsp3) is 0.933. The second-order valence-corrected chi connectivity index (χ2v) is 14.5. The lowest BCUT2D eigenvalue weighted by molar-refractivity contribution is -0.247. The summed E-state index contributed by atoms with van der Waals surface area (Å²) < 4.78 is 0. The minimum atomic E-state index is 0.161. The van der Waals surface area contributed by atoms with E-state index in [0.717, 1.165) is 11.8 Å². The topological polar surface area (TPSA) is 20.2 Å². The highest BCUT2D eigenvalue weighted by Crippen LogP contribution is 2.77. The molecule has 0 aromatic rings. The van der Waals surface area contributed by atoms with Crippen LogP contribution in [0.5, 0.6) is 0 Å². The van der Waals surface area contributed by atoms with E-state index in [-0.39, 0.29) is 5.41 Å². The summed E-state index contributed by atoms with van der Waals surface area (Å²) in [7, 11) is 0. The molecule has 0 aromatic heterocycles. The molecule has 176 valence electrons. The molecule has 1 heteroatoms. The Hall–Kier alpha value is -0.300. The molecule has 5 aliphatic carbocycles. The third kappa shape index (κ3) is 2.65. The molecule has 0 heterocycles. The largest absolute Gasteiger partial charge is 0.396 e. The van der Waals surface area contributed by atoms with Crippen molar-refractivity contribution in [1.82, 2.24) is 0 Å². The summed E-state index contributed by atoms with van der Waals surface area (Å²) in [5, 5.41) is 11.0. The van der Waals surface area contributed by atoms with Gasteiger partial charge in [0.25, 0.3) is 0 Å². The number of aliphatic hydroxyl groups excluding tert-OH is 1. The van der Waals surface area contributed by atoms with E-state index in [1.54, 1.807) is 0 Å². The Kier molecular flexibility index (Phi) is 4.98. The van der Waals surface area contributed by atoms with Crippen molar-refractivity contribution in [1.29, 1.82) is 0 Å². The van der Waals surface area contributed by atoms with E-state index in [2.05, 4.69) is 48.1 Å². The fourth-order valence-electron chi connectivity index (χ4n) is 11.9. The Morgan fingerprint density at radius 3 is 2.10 bits per heavy atom. The van der Waals surface area contributed by atoms with Crippen molar-refractivity contribution in [3.05, 3.63) is 12.2 Å². The minimum absolute atomic E-state index is 0.161. The van der Waals surface area contributed by atoms with Gasteiger partial charge in [-0.25, -0.2) is 0 Å². The Morgan fingerprint density at radius 1 is 0.774 bits per heavy atom. The molecule has 9 unspecified atom stereocenters. The van der Waals surface area contributed by atoms with Crippen LogP contribution in [0.15, 0.2) is 12.2 Å². The summed E-state index contributed by atoms with van der Waals surface area (Å²) in [6.07, 6.45) is 15.1. The minimum Gasteiger partial charge on any atom is -0.396 e. The standard InChI is InChI=1S/C30H50O/c1-20(2)21-11-18-30(19-31)22(21)12-16-29(7)25(30)10-9-24-27(5)15-8-14-26(3,4)23(27)13-17-28(24,29)6/h21-25,31H,1,8-19H2,2-7H3. The zero-order chi connectivity index (χ0) is 22.4. The van der Waals surface area contributed by atoms with E-state index in [4.69, 9.17) is 0 Å². The Bertz CT molecular complexity index is 752. The molecule has 0 aromatic carbocycles. The quantitative estimate of drug-likeness (QED) is 0.443. The summed E-state index contributed by atoms with van der Waals surface area (Å²) in [6, 6.07) is 0. The molecule has 0 bridgehead atoms.